The summed E-state index contributed by atoms with van der Waals surface area (Å²) in [6.07, 6.45) is 1.23. The van der Waals surface area contributed by atoms with Gasteiger partial charge in [0.25, 0.3) is 0 Å². The zero-order valence-electron chi connectivity index (χ0n) is 17.5. The molecule has 8 nitrogen and oxygen atoms in total. The van der Waals surface area contributed by atoms with Crippen LogP contribution in [0.5, 0.6) is 0 Å². The summed E-state index contributed by atoms with van der Waals surface area (Å²) in [6, 6.07) is 0. The fourth-order valence-corrected chi connectivity index (χ4v) is 3.54. The molecule has 2 saturated heterocycles. The van der Waals surface area contributed by atoms with Crippen molar-refractivity contribution >= 4 is 5.96 Å². The van der Waals surface area contributed by atoms with Crippen molar-refractivity contribution in [2.75, 3.05) is 92.3 Å². The summed E-state index contributed by atoms with van der Waals surface area (Å²) < 4.78 is 5.37. The van der Waals surface area contributed by atoms with Gasteiger partial charge in [0.15, 0.2) is 5.96 Å². The minimum absolute atomic E-state index is 0.383. The summed E-state index contributed by atoms with van der Waals surface area (Å²) >= 11 is 0. The molecule has 2 aliphatic heterocycles. The Morgan fingerprint density at radius 3 is 2.59 bits per heavy atom. The van der Waals surface area contributed by atoms with E-state index in [9.17, 15) is 5.11 Å². The number of β-amino-alcohol motifs (C(OH)–C–C–N with tert-alkyl or cyclic N) is 1. The topological polar surface area (TPSA) is 75.6 Å². The fourth-order valence-electron chi connectivity index (χ4n) is 3.54. The molecule has 0 aromatic rings. The first-order valence-corrected chi connectivity index (χ1v) is 10.4. The number of nitrogens with zero attached hydrogens (tertiary/aromatic N) is 4. The Morgan fingerprint density at radius 2 is 1.85 bits per heavy atom. The van der Waals surface area contributed by atoms with Crippen molar-refractivity contribution in [3.05, 3.63) is 0 Å². The summed E-state index contributed by atoms with van der Waals surface area (Å²) in [6.45, 7) is 15.5. The number of ether oxygens (including phenoxy) is 1. The van der Waals surface area contributed by atoms with Crippen molar-refractivity contribution in [1.82, 2.24) is 25.3 Å². The normalized spacial score (nSPS) is 23.6. The highest BCUT2D eigenvalue weighted by atomic mass is 16.5. The van der Waals surface area contributed by atoms with Crippen LogP contribution in [0.1, 0.15) is 20.3 Å². The van der Waals surface area contributed by atoms with E-state index in [4.69, 9.17) is 4.74 Å². The first-order valence-electron chi connectivity index (χ1n) is 10.4. The molecule has 2 rings (SSSR count). The maximum absolute atomic E-state index is 10.7. The van der Waals surface area contributed by atoms with E-state index in [-0.39, 0.29) is 0 Å². The lowest BCUT2D eigenvalue weighted by Crippen LogP contribution is -2.48. The van der Waals surface area contributed by atoms with Crippen LogP contribution in [0.2, 0.25) is 0 Å². The van der Waals surface area contributed by atoms with Crippen molar-refractivity contribution in [3.63, 3.8) is 0 Å². The number of morpholine rings is 1. The van der Waals surface area contributed by atoms with Gasteiger partial charge in [-0.25, -0.2) is 0 Å². The van der Waals surface area contributed by atoms with E-state index in [0.717, 1.165) is 71.5 Å². The Hall–Kier alpha value is -0.930. The molecule has 0 spiro atoms. The Morgan fingerprint density at radius 1 is 1.07 bits per heavy atom. The van der Waals surface area contributed by atoms with Gasteiger partial charge in [-0.3, -0.25) is 9.89 Å². The highest BCUT2D eigenvalue weighted by Gasteiger charge is 2.25. The predicted molar refractivity (Wildman–Crippen MR) is 110 cm³/mol. The van der Waals surface area contributed by atoms with Gasteiger partial charge in [-0.2, -0.15) is 0 Å². The van der Waals surface area contributed by atoms with E-state index in [2.05, 4.69) is 44.3 Å². The number of rotatable bonds is 8. The molecule has 27 heavy (non-hydrogen) atoms. The molecular weight excluding hydrogens is 344 g/mol. The van der Waals surface area contributed by atoms with Gasteiger partial charge in [-0.15, -0.1) is 0 Å². The van der Waals surface area contributed by atoms with Gasteiger partial charge in [0.1, 0.15) is 0 Å². The molecule has 2 aliphatic rings. The Balaban J connectivity index is 1.75. The van der Waals surface area contributed by atoms with Crippen molar-refractivity contribution in [2.24, 2.45) is 4.99 Å². The highest BCUT2D eigenvalue weighted by molar-refractivity contribution is 5.79. The quantitative estimate of drug-likeness (QED) is 0.376. The predicted octanol–water partition coefficient (Wildman–Crippen LogP) is -0.738. The summed E-state index contributed by atoms with van der Waals surface area (Å²) in [4.78, 5) is 11.8. The molecule has 1 atom stereocenters. The molecule has 2 fully saturated rings. The lowest BCUT2D eigenvalue weighted by atomic mass is 10.1. The van der Waals surface area contributed by atoms with Crippen molar-refractivity contribution in [3.8, 4) is 0 Å². The zero-order valence-corrected chi connectivity index (χ0v) is 17.5. The van der Waals surface area contributed by atoms with Crippen LogP contribution in [-0.4, -0.2) is 124 Å². The van der Waals surface area contributed by atoms with Crippen LogP contribution >= 0.6 is 0 Å². The lowest BCUT2D eigenvalue weighted by molar-refractivity contribution is -0.0179. The van der Waals surface area contributed by atoms with Gasteiger partial charge >= 0.3 is 0 Å². The Kier molecular flexibility index (Phi) is 9.78. The van der Waals surface area contributed by atoms with Crippen LogP contribution in [0, 0.1) is 0 Å². The fraction of sp³-hybridized carbons (Fsp3) is 0.947. The minimum Gasteiger partial charge on any atom is -0.387 e. The molecule has 0 amide bonds. The van der Waals surface area contributed by atoms with E-state index < -0.39 is 5.60 Å². The van der Waals surface area contributed by atoms with Crippen LogP contribution < -0.4 is 10.6 Å². The van der Waals surface area contributed by atoms with Crippen LogP contribution in [0.15, 0.2) is 4.99 Å². The van der Waals surface area contributed by atoms with Crippen LogP contribution in [0.25, 0.3) is 0 Å². The molecule has 0 radical (unpaired) electrons. The molecule has 0 aromatic heterocycles. The molecule has 3 N–H and O–H groups in total. The van der Waals surface area contributed by atoms with Crippen LogP contribution in [0.4, 0.5) is 0 Å². The maximum Gasteiger partial charge on any atom is 0.191 e. The van der Waals surface area contributed by atoms with E-state index in [1.54, 1.807) is 0 Å². The van der Waals surface area contributed by atoms with Crippen molar-refractivity contribution in [2.45, 2.75) is 25.9 Å². The third-order valence-corrected chi connectivity index (χ3v) is 5.12. The second-order valence-electron chi connectivity index (χ2n) is 8.01. The van der Waals surface area contributed by atoms with Gasteiger partial charge in [-0.1, -0.05) is 0 Å². The number of aliphatic hydroxyl groups is 1. The number of likely N-dealkylation sites (N-methyl/N-ethyl adjacent to an activating group) is 1. The average Bonchev–Trinajstić information content (AvgIpc) is 2.84. The van der Waals surface area contributed by atoms with E-state index in [0.29, 0.717) is 13.1 Å². The first kappa shape index (κ1) is 22.4. The van der Waals surface area contributed by atoms with Gasteiger partial charge in [0.2, 0.25) is 0 Å². The number of hydrogen-bond donors (Lipinski definition) is 3. The molecule has 0 aromatic carbocycles. The van der Waals surface area contributed by atoms with Crippen LogP contribution in [-0.2, 0) is 4.74 Å². The molecule has 2 heterocycles. The smallest absolute Gasteiger partial charge is 0.191 e. The lowest BCUT2D eigenvalue weighted by Gasteiger charge is -2.33. The number of nitrogens with one attached hydrogen (secondary N) is 2. The highest BCUT2D eigenvalue weighted by Crippen LogP contribution is 2.09. The minimum atomic E-state index is -0.838. The maximum atomic E-state index is 10.7. The van der Waals surface area contributed by atoms with Gasteiger partial charge in [-0.05, 0) is 40.4 Å². The van der Waals surface area contributed by atoms with E-state index >= 15 is 0 Å². The Labute approximate surface area is 164 Å². The van der Waals surface area contributed by atoms with Crippen molar-refractivity contribution in [1.29, 1.82) is 0 Å². The monoisotopic (exact) mass is 384 g/mol. The summed E-state index contributed by atoms with van der Waals surface area (Å²) in [5.74, 6) is 0.784. The molecule has 0 bridgehead atoms. The molecule has 1 unspecified atom stereocenters. The van der Waals surface area contributed by atoms with Gasteiger partial charge in [0.05, 0.1) is 25.4 Å². The standard InChI is InChI=1S/C19H40N6O2/c1-4-20-18(21-6-9-24-8-5-7-23(3)10-11-24)22-16-19(2,26)17-25-12-14-27-15-13-25/h26H,4-17H2,1-3H3,(H2,20,21,22). The average molecular weight is 385 g/mol. The first-order chi connectivity index (χ1) is 13.0. The third-order valence-electron chi connectivity index (χ3n) is 5.12. The van der Waals surface area contributed by atoms with Crippen LogP contribution in [0.3, 0.4) is 0 Å². The third kappa shape index (κ3) is 9.21. The SMILES string of the molecule is CCNC(=NCC(C)(O)CN1CCOCC1)NCCN1CCCN(C)CC1. The number of hydrogen-bond acceptors (Lipinski definition) is 6. The molecule has 158 valence electrons. The molecule has 0 saturated carbocycles. The molecule has 8 heteroatoms. The van der Waals surface area contributed by atoms with Gasteiger partial charge in [0, 0.05) is 52.4 Å². The Bertz CT molecular complexity index is 440. The van der Waals surface area contributed by atoms with Gasteiger partial charge < -0.3 is 30.3 Å². The second-order valence-corrected chi connectivity index (χ2v) is 8.01. The molecular formula is C19H40N6O2. The molecule has 0 aliphatic carbocycles. The second kappa shape index (κ2) is 11.8. The summed E-state index contributed by atoms with van der Waals surface area (Å²) in [7, 11) is 2.19. The summed E-state index contributed by atoms with van der Waals surface area (Å²) in [5.41, 5.74) is -0.838. The van der Waals surface area contributed by atoms with E-state index in [1.165, 1.54) is 13.0 Å². The zero-order chi connectivity index (χ0) is 19.5. The summed E-state index contributed by atoms with van der Waals surface area (Å²) in [5, 5.41) is 17.4. The number of aliphatic imine (C=N–C) groups is 1. The van der Waals surface area contributed by atoms with Crippen molar-refractivity contribution < 1.29 is 9.84 Å². The number of guanidine groups is 1. The largest absolute Gasteiger partial charge is 0.387 e. The van der Waals surface area contributed by atoms with E-state index in [1.807, 2.05) is 6.92 Å².